The van der Waals surface area contributed by atoms with Crippen LogP contribution in [-0.4, -0.2) is 0 Å². The Labute approximate surface area is 173 Å². The van der Waals surface area contributed by atoms with Crippen molar-refractivity contribution in [1.82, 2.24) is 0 Å². The molecule has 0 heterocycles. The van der Waals surface area contributed by atoms with Gasteiger partial charge in [-0.25, -0.2) is 0 Å². The Kier molecular flexibility index (Phi) is 5.76. The van der Waals surface area contributed by atoms with Gasteiger partial charge in [0.2, 0.25) is 0 Å². The van der Waals surface area contributed by atoms with Gasteiger partial charge in [-0.1, -0.05) is 84.9 Å². The SMILES string of the molecule is Cc1cccc(Oc2cccc(C)c2Cc2ccccc2)c1Cc1ccccc1. The maximum atomic E-state index is 6.55. The molecule has 4 aromatic carbocycles. The van der Waals surface area contributed by atoms with Crippen LogP contribution in [0.4, 0.5) is 0 Å². The summed E-state index contributed by atoms with van der Waals surface area (Å²) in [5.41, 5.74) is 7.57. The number of hydrogen-bond donors (Lipinski definition) is 0. The first-order valence-corrected chi connectivity index (χ1v) is 10.1. The molecule has 144 valence electrons. The second kappa shape index (κ2) is 8.79. The highest BCUT2D eigenvalue weighted by atomic mass is 16.5. The van der Waals surface area contributed by atoms with Crippen LogP contribution in [0.1, 0.15) is 33.4 Å². The van der Waals surface area contributed by atoms with Gasteiger partial charge in [0.05, 0.1) is 0 Å². The average Bonchev–Trinajstić information content (AvgIpc) is 2.74. The summed E-state index contributed by atoms with van der Waals surface area (Å²) < 4.78 is 6.55. The molecule has 0 amide bonds. The van der Waals surface area contributed by atoms with Gasteiger partial charge in [0.1, 0.15) is 11.5 Å². The van der Waals surface area contributed by atoms with Crippen molar-refractivity contribution < 1.29 is 4.74 Å². The number of benzene rings is 4. The summed E-state index contributed by atoms with van der Waals surface area (Å²) in [5, 5.41) is 0. The van der Waals surface area contributed by atoms with Crippen LogP contribution in [0.2, 0.25) is 0 Å². The van der Waals surface area contributed by atoms with Crippen LogP contribution in [-0.2, 0) is 12.8 Å². The third-order valence-corrected chi connectivity index (χ3v) is 5.40. The second-order valence-electron chi connectivity index (χ2n) is 7.53. The summed E-state index contributed by atoms with van der Waals surface area (Å²) in [7, 11) is 0. The largest absolute Gasteiger partial charge is 0.457 e. The normalized spacial score (nSPS) is 10.7. The van der Waals surface area contributed by atoms with Gasteiger partial charge < -0.3 is 4.74 Å². The number of ether oxygens (including phenoxy) is 1. The average molecular weight is 379 g/mol. The number of rotatable bonds is 6. The van der Waals surface area contributed by atoms with Crippen LogP contribution in [0, 0.1) is 13.8 Å². The minimum Gasteiger partial charge on any atom is -0.457 e. The fourth-order valence-electron chi connectivity index (χ4n) is 3.71. The molecule has 29 heavy (non-hydrogen) atoms. The molecule has 0 saturated heterocycles. The molecule has 0 N–H and O–H groups in total. The van der Waals surface area contributed by atoms with Crippen LogP contribution in [0.3, 0.4) is 0 Å². The van der Waals surface area contributed by atoms with Crippen LogP contribution >= 0.6 is 0 Å². The summed E-state index contributed by atoms with van der Waals surface area (Å²) in [6, 6.07) is 33.8. The van der Waals surface area contributed by atoms with Crippen molar-refractivity contribution in [1.29, 1.82) is 0 Å². The third kappa shape index (κ3) is 4.57. The zero-order valence-electron chi connectivity index (χ0n) is 17.1. The van der Waals surface area contributed by atoms with Gasteiger partial charge in [0.15, 0.2) is 0 Å². The molecule has 0 aromatic heterocycles. The zero-order valence-corrected chi connectivity index (χ0v) is 17.1. The lowest BCUT2D eigenvalue weighted by atomic mass is 9.98. The Morgan fingerprint density at radius 2 is 0.897 bits per heavy atom. The summed E-state index contributed by atoms with van der Waals surface area (Å²) in [5.74, 6) is 1.88. The van der Waals surface area contributed by atoms with Crippen molar-refractivity contribution in [3.05, 3.63) is 130 Å². The first-order chi connectivity index (χ1) is 14.2. The van der Waals surface area contributed by atoms with E-state index in [1.165, 1.54) is 33.4 Å². The van der Waals surface area contributed by atoms with Crippen molar-refractivity contribution >= 4 is 0 Å². The Morgan fingerprint density at radius 3 is 1.31 bits per heavy atom. The van der Waals surface area contributed by atoms with E-state index in [0.717, 1.165) is 24.3 Å². The quantitative estimate of drug-likeness (QED) is 0.342. The highest BCUT2D eigenvalue weighted by molar-refractivity contribution is 5.49. The van der Waals surface area contributed by atoms with E-state index < -0.39 is 0 Å². The van der Waals surface area contributed by atoms with Gasteiger partial charge >= 0.3 is 0 Å². The van der Waals surface area contributed by atoms with Crippen LogP contribution < -0.4 is 4.74 Å². The molecule has 4 rings (SSSR count). The van der Waals surface area contributed by atoms with Gasteiger partial charge in [-0.15, -0.1) is 0 Å². The summed E-state index contributed by atoms with van der Waals surface area (Å²) >= 11 is 0. The van der Waals surface area contributed by atoms with E-state index in [-0.39, 0.29) is 0 Å². The second-order valence-corrected chi connectivity index (χ2v) is 7.53. The Hall–Kier alpha value is -3.32. The maximum absolute atomic E-state index is 6.55. The van der Waals surface area contributed by atoms with E-state index >= 15 is 0 Å². The topological polar surface area (TPSA) is 9.23 Å². The number of aryl methyl sites for hydroxylation is 2. The van der Waals surface area contributed by atoms with Gasteiger partial charge in [-0.2, -0.15) is 0 Å². The fourth-order valence-corrected chi connectivity index (χ4v) is 3.71. The Balaban J connectivity index is 1.68. The molecule has 0 saturated carbocycles. The maximum Gasteiger partial charge on any atom is 0.131 e. The molecule has 0 fully saturated rings. The van der Waals surface area contributed by atoms with Crippen molar-refractivity contribution in [2.45, 2.75) is 26.7 Å². The molecule has 0 radical (unpaired) electrons. The Morgan fingerprint density at radius 1 is 0.483 bits per heavy atom. The Bertz CT molecular complexity index is 993. The van der Waals surface area contributed by atoms with E-state index in [4.69, 9.17) is 4.74 Å². The van der Waals surface area contributed by atoms with Crippen LogP contribution in [0.25, 0.3) is 0 Å². The van der Waals surface area contributed by atoms with E-state index in [0.29, 0.717) is 0 Å². The predicted molar refractivity (Wildman–Crippen MR) is 121 cm³/mol. The van der Waals surface area contributed by atoms with E-state index in [1.807, 2.05) is 0 Å². The van der Waals surface area contributed by atoms with Crippen molar-refractivity contribution in [2.24, 2.45) is 0 Å². The lowest BCUT2D eigenvalue weighted by Gasteiger charge is -2.17. The minimum absolute atomic E-state index is 0.864. The molecule has 4 aromatic rings. The number of hydrogen-bond acceptors (Lipinski definition) is 1. The highest BCUT2D eigenvalue weighted by Gasteiger charge is 2.13. The van der Waals surface area contributed by atoms with Crippen molar-refractivity contribution in [2.75, 3.05) is 0 Å². The van der Waals surface area contributed by atoms with E-state index in [2.05, 4.69) is 111 Å². The molecule has 0 aliphatic heterocycles. The fraction of sp³-hybridized carbons (Fsp3) is 0.143. The van der Waals surface area contributed by atoms with Crippen molar-refractivity contribution in [3.8, 4) is 11.5 Å². The van der Waals surface area contributed by atoms with Gasteiger partial charge in [0, 0.05) is 24.0 Å². The lowest BCUT2D eigenvalue weighted by Crippen LogP contribution is -2.00. The monoisotopic (exact) mass is 378 g/mol. The molecule has 0 aliphatic rings. The molecule has 0 spiro atoms. The lowest BCUT2D eigenvalue weighted by molar-refractivity contribution is 0.471. The molecule has 0 bridgehead atoms. The zero-order chi connectivity index (χ0) is 20.1. The molecule has 0 atom stereocenters. The molecular weight excluding hydrogens is 352 g/mol. The predicted octanol–water partition coefficient (Wildman–Crippen LogP) is 7.28. The first-order valence-electron chi connectivity index (χ1n) is 10.1. The third-order valence-electron chi connectivity index (χ3n) is 5.40. The smallest absolute Gasteiger partial charge is 0.131 e. The minimum atomic E-state index is 0.864. The molecular formula is C28H26O. The van der Waals surface area contributed by atoms with Gasteiger partial charge in [0.25, 0.3) is 0 Å². The standard InChI is InChI=1S/C28H26O/c1-21-11-9-17-27(25(21)19-23-13-5-3-6-14-23)29-28-18-10-12-22(2)26(28)20-24-15-7-4-8-16-24/h3-18H,19-20H2,1-2H3. The van der Waals surface area contributed by atoms with Gasteiger partial charge in [-0.3, -0.25) is 0 Å². The van der Waals surface area contributed by atoms with Crippen LogP contribution in [0.15, 0.2) is 97.1 Å². The van der Waals surface area contributed by atoms with Crippen LogP contribution in [0.5, 0.6) is 11.5 Å². The molecule has 1 nitrogen and oxygen atoms in total. The molecule has 0 aliphatic carbocycles. The molecule has 0 unspecified atom stereocenters. The van der Waals surface area contributed by atoms with E-state index in [1.54, 1.807) is 0 Å². The summed E-state index contributed by atoms with van der Waals surface area (Å²) in [6.45, 7) is 4.32. The van der Waals surface area contributed by atoms with E-state index in [9.17, 15) is 0 Å². The van der Waals surface area contributed by atoms with Gasteiger partial charge in [-0.05, 0) is 48.2 Å². The first kappa shape index (κ1) is 19.0. The summed E-state index contributed by atoms with van der Waals surface area (Å²) in [4.78, 5) is 0. The summed E-state index contributed by atoms with van der Waals surface area (Å²) in [6.07, 6.45) is 1.73. The highest BCUT2D eigenvalue weighted by Crippen LogP contribution is 2.33. The molecule has 1 heteroatoms. The van der Waals surface area contributed by atoms with Crippen molar-refractivity contribution in [3.63, 3.8) is 0 Å².